The molecule has 2 heterocycles. The number of benzene rings is 2. The molecule has 0 saturated carbocycles. The molecule has 3 aromatic rings. The number of piperidine rings is 1. The van der Waals surface area contributed by atoms with E-state index in [1.165, 1.54) is 12.4 Å². The van der Waals surface area contributed by atoms with Gasteiger partial charge in [0.1, 0.15) is 23.4 Å². The van der Waals surface area contributed by atoms with Crippen molar-refractivity contribution >= 4 is 39.9 Å². The monoisotopic (exact) mass is 514 g/mol. The standard InChI is InChI=1S/C26H32ClFN6O2/c1-32(2)25(35)26(9-11-33(3)12-10-26)34(4)15-17-13-18-21(14-22(17)36-5)29-16-30-24(18)31-20-8-6-7-19(27)23(20)28/h6-8,13-14,16H,9-12,15H2,1-5H3,(H,29,30,31). The van der Waals surface area contributed by atoms with Crippen LogP contribution in [0.5, 0.6) is 5.75 Å². The van der Waals surface area contributed by atoms with Gasteiger partial charge in [-0.3, -0.25) is 9.69 Å². The van der Waals surface area contributed by atoms with Crippen LogP contribution in [0.3, 0.4) is 0 Å². The van der Waals surface area contributed by atoms with Crippen molar-refractivity contribution in [2.24, 2.45) is 0 Å². The minimum absolute atomic E-state index is 0.0244. The highest BCUT2D eigenvalue weighted by atomic mass is 35.5. The highest BCUT2D eigenvalue weighted by Crippen LogP contribution is 2.35. The number of carbonyl (C=O) groups is 1. The number of amides is 1. The molecule has 0 radical (unpaired) electrons. The second kappa shape index (κ2) is 10.5. The van der Waals surface area contributed by atoms with Gasteiger partial charge in [-0.1, -0.05) is 17.7 Å². The summed E-state index contributed by atoms with van der Waals surface area (Å²) in [7, 11) is 9.28. The second-order valence-corrected chi connectivity index (χ2v) is 9.93. The van der Waals surface area contributed by atoms with Gasteiger partial charge in [0.05, 0.1) is 23.3 Å². The Hall–Kier alpha value is -3.01. The van der Waals surface area contributed by atoms with Crippen molar-refractivity contribution in [2.75, 3.05) is 53.7 Å². The van der Waals surface area contributed by atoms with E-state index >= 15 is 0 Å². The largest absolute Gasteiger partial charge is 0.496 e. The number of hydrogen-bond donors (Lipinski definition) is 1. The Balaban J connectivity index is 1.73. The van der Waals surface area contributed by atoms with Crippen molar-refractivity contribution in [3.8, 4) is 5.75 Å². The van der Waals surface area contributed by atoms with E-state index in [1.54, 1.807) is 38.2 Å². The number of halogens is 2. The summed E-state index contributed by atoms with van der Waals surface area (Å²) in [4.78, 5) is 28.2. The fourth-order valence-electron chi connectivity index (χ4n) is 4.84. The summed E-state index contributed by atoms with van der Waals surface area (Å²) in [5.41, 5.74) is 1.13. The average molecular weight is 515 g/mol. The zero-order valence-corrected chi connectivity index (χ0v) is 22.1. The van der Waals surface area contributed by atoms with Gasteiger partial charge < -0.3 is 19.9 Å². The van der Waals surface area contributed by atoms with E-state index in [-0.39, 0.29) is 16.6 Å². The molecule has 1 aliphatic rings. The Morgan fingerprint density at radius 2 is 1.94 bits per heavy atom. The summed E-state index contributed by atoms with van der Waals surface area (Å²) >= 11 is 5.96. The zero-order valence-electron chi connectivity index (χ0n) is 21.3. The van der Waals surface area contributed by atoms with Gasteiger partial charge in [-0.15, -0.1) is 0 Å². The molecule has 1 aliphatic heterocycles. The lowest BCUT2D eigenvalue weighted by molar-refractivity contribution is -0.145. The number of nitrogens with zero attached hydrogens (tertiary/aromatic N) is 5. The van der Waals surface area contributed by atoms with Crippen molar-refractivity contribution in [1.29, 1.82) is 0 Å². The van der Waals surface area contributed by atoms with Crippen molar-refractivity contribution in [3.63, 3.8) is 0 Å². The topological polar surface area (TPSA) is 73.8 Å². The lowest BCUT2D eigenvalue weighted by Gasteiger charge is -2.46. The van der Waals surface area contributed by atoms with E-state index in [1.807, 2.05) is 19.2 Å². The first-order valence-corrected chi connectivity index (χ1v) is 12.2. The Morgan fingerprint density at radius 1 is 1.22 bits per heavy atom. The van der Waals surface area contributed by atoms with E-state index in [2.05, 4.69) is 32.1 Å². The minimum Gasteiger partial charge on any atom is -0.496 e. The first kappa shape index (κ1) is 26.1. The fourth-order valence-corrected chi connectivity index (χ4v) is 5.01. The van der Waals surface area contributed by atoms with Crippen molar-refractivity contribution in [1.82, 2.24) is 24.7 Å². The Bertz CT molecular complexity index is 1260. The summed E-state index contributed by atoms with van der Waals surface area (Å²) in [6.45, 7) is 2.15. The molecule has 0 bridgehead atoms. The highest BCUT2D eigenvalue weighted by Gasteiger charge is 2.45. The van der Waals surface area contributed by atoms with Crippen LogP contribution in [0.1, 0.15) is 18.4 Å². The normalized spacial score (nSPS) is 15.8. The predicted octanol–water partition coefficient (Wildman–Crippen LogP) is 4.16. The summed E-state index contributed by atoms with van der Waals surface area (Å²) in [6, 6.07) is 8.55. The van der Waals surface area contributed by atoms with E-state index in [9.17, 15) is 9.18 Å². The summed E-state index contributed by atoms with van der Waals surface area (Å²) < 4.78 is 20.3. The molecule has 1 N–H and O–H groups in total. The number of anilines is 2. The van der Waals surface area contributed by atoms with Crippen LogP contribution in [0.15, 0.2) is 36.7 Å². The van der Waals surface area contributed by atoms with Crippen LogP contribution < -0.4 is 10.1 Å². The molecule has 36 heavy (non-hydrogen) atoms. The molecule has 0 unspecified atom stereocenters. The third-order valence-corrected chi connectivity index (χ3v) is 7.29. The molecule has 0 aliphatic carbocycles. The third-order valence-electron chi connectivity index (χ3n) is 7.00. The van der Waals surface area contributed by atoms with Gasteiger partial charge in [-0.2, -0.15) is 0 Å². The lowest BCUT2D eigenvalue weighted by Crippen LogP contribution is -2.61. The number of hydrogen-bond acceptors (Lipinski definition) is 7. The average Bonchev–Trinajstić information content (AvgIpc) is 2.86. The summed E-state index contributed by atoms with van der Waals surface area (Å²) in [6.07, 6.45) is 2.88. The van der Waals surface area contributed by atoms with Gasteiger partial charge in [0, 0.05) is 50.7 Å². The molecule has 4 rings (SSSR count). The molecule has 2 aromatic carbocycles. The molecule has 1 saturated heterocycles. The summed E-state index contributed by atoms with van der Waals surface area (Å²) in [5, 5.41) is 3.78. The molecule has 192 valence electrons. The number of fused-ring (bicyclic) bond motifs is 1. The van der Waals surface area contributed by atoms with Gasteiger partial charge in [0.15, 0.2) is 5.82 Å². The van der Waals surface area contributed by atoms with Crippen molar-refractivity contribution in [2.45, 2.75) is 24.9 Å². The number of rotatable bonds is 7. The van der Waals surface area contributed by atoms with Crippen LogP contribution in [-0.2, 0) is 11.3 Å². The number of carbonyl (C=O) groups excluding carboxylic acids is 1. The number of nitrogens with one attached hydrogen (secondary N) is 1. The fraction of sp³-hybridized carbons (Fsp3) is 0.423. The maximum Gasteiger partial charge on any atom is 0.242 e. The SMILES string of the molecule is COc1cc2ncnc(Nc3cccc(Cl)c3F)c2cc1CN(C)C1(C(=O)N(C)C)CCN(C)CC1. The number of aromatic nitrogens is 2. The molecule has 1 amide bonds. The van der Waals surface area contributed by atoms with Crippen LogP contribution in [0.2, 0.25) is 5.02 Å². The van der Waals surface area contributed by atoms with E-state index < -0.39 is 11.4 Å². The molecule has 1 aromatic heterocycles. The van der Waals surface area contributed by atoms with Gasteiger partial charge in [-0.25, -0.2) is 14.4 Å². The highest BCUT2D eigenvalue weighted by molar-refractivity contribution is 6.31. The lowest BCUT2D eigenvalue weighted by atomic mass is 9.84. The zero-order chi connectivity index (χ0) is 26.0. The van der Waals surface area contributed by atoms with Gasteiger partial charge in [0.2, 0.25) is 5.91 Å². The Morgan fingerprint density at radius 3 is 2.61 bits per heavy atom. The minimum atomic E-state index is -0.617. The van der Waals surface area contributed by atoms with Gasteiger partial charge >= 0.3 is 0 Å². The summed E-state index contributed by atoms with van der Waals surface area (Å²) in [5.74, 6) is 0.658. The van der Waals surface area contributed by atoms with E-state index in [0.717, 1.165) is 31.5 Å². The number of likely N-dealkylation sites (tertiary alicyclic amines) is 1. The van der Waals surface area contributed by atoms with Crippen LogP contribution >= 0.6 is 11.6 Å². The first-order chi connectivity index (χ1) is 17.2. The molecule has 0 spiro atoms. The first-order valence-electron chi connectivity index (χ1n) is 11.8. The molecular formula is C26H32ClFN6O2. The smallest absolute Gasteiger partial charge is 0.242 e. The van der Waals surface area contributed by atoms with Crippen molar-refractivity contribution in [3.05, 3.63) is 53.1 Å². The number of likely N-dealkylation sites (N-methyl/N-ethyl adjacent to an activating group) is 2. The third kappa shape index (κ3) is 4.96. The second-order valence-electron chi connectivity index (χ2n) is 9.52. The van der Waals surface area contributed by atoms with Crippen LogP contribution in [0, 0.1) is 5.82 Å². The predicted molar refractivity (Wildman–Crippen MR) is 140 cm³/mol. The molecule has 8 nitrogen and oxygen atoms in total. The maximum absolute atomic E-state index is 14.6. The van der Waals surface area contributed by atoms with E-state index in [0.29, 0.717) is 29.0 Å². The number of ether oxygens (including phenoxy) is 1. The quantitative estimate of drug-likeness (QED) is 0.507. The maximum atomic E-state index is 14.6. The molecule has 0 atom stereocenters. The van der Waals surface area contributed by atoms with Gasteiger partial charge in [0.25, 0.3) is 0 Å². The van der Waals surface area contributed by atoms with Crippen LogP contribution in [-0.4, -0.2) is 84.5 Å². The molecule has 10 heteroatoms. The Labute approximate surface area is 216 Å². The molecule has 1 fully saturated rings. The van der Waals surface area contributed by atoms with Crippen molar-refractivity contribution < 1.29 is 13.9 Å². The van der Waals surface area contributed by atoms with Crippen LogP contribution in [0.25, 0.3) is 10.9 Å². The van der Waals surface area contributed by atoms with Crippen LogP contribution in [0.4, 0.5) is 15.9 Å². The Kier molecular flexibility index (Phi) is 7.63. The number of methoxy groups -OCH3 is 1. The van der Waals surface area contributed by atoms with Gasteiger partial charge in [-0.05, 0) is 45.1 Å². The molecular weight excluding hydrogens is 483 g/mol. The van der Waals surface area contributed by atoms with E-state index in [4.69, 9.17) is 16.3 Å².